The number of ether oxygens (including phenoxy) is 2. The molecule has 0 atom stereocenters. The maximum absolute atomic E-state index is 5.63. The molecule has 1 aromatic carbocycles. The Kier molecular flexibility index (Phi) is 2.81. The number of methoxy groups -OCH3 is 1. The highest BCUT2D eigenvalue weighted by Gasteiger charge is 2.04. The Morgan fingerprint density at radius 3 is 2.54 bits per heavy atom. The number of hydrogen-bond donors (Lipinski definition) is 3. The van der Waals surface area contributed by atoms with Crippen LogP contribution in [0.4, 0.5) is 17.1 Å². The van der Waals surface area contributed by atoms with Crippen molar-refractivity contribution < 1.29 is 9.47 Å². The van der Waals surface area contributed by atoms with Crippen molar-refractivity contribution in [3.63, 3.8) is 0 Å². The van der Waals surface area contributed by atoms with E-state index in [0.717, 1.165) is 0 Å². The molecule has 0 unspecified atom stereocenters. The second-order valence-electron chi connectivity index (χ2n) is 2.57. The Morgan fingerprint density at radius 2 is 1.92 bits per heavy atom. The number of benzene rings is 1. The van der Waals surface area contributed by atoms with Crippen LogP contribution in [0.2, 0.25) is 0 Å². The van der Waals surface area contributed by atoms with Crippen LogP contribution in [0.3, 0.4) is 0 Å². The van der Waals surface area contributed by atoms with Crippen LogP contribution in [0.25, 0.3) is 0 Å². The summed E-state index contributed by atoms with van der Waals surface area (Å²) in [6.45, 7) is 0.118. The SMILES string of the molecule is COCOc1cc(N)cc(N)c1N. The van der Waals surface area contributed by atoms with Crippen molar-refractivity contribution in [2.75, 3.05) is 31.1 Å². The Balaban J connectivity index is 2.92. The lowest BCUT2D eigenvalue weighted by molar-refractivity contribution is 0.0517. The van der Waals surface area contributed by atoms with Gasteiger partial charge in [-0.15, -0.1) is 0 Å². The predicted octanol–water partition coefficient (Wildman–Crippen LogP) is 0.416. The van der Waals surface area contributed by atoms with Crippen LogP contribution >= 0.6 is 0 Å². The molecule has 1 aromatic rings. The molecular formula is C8H13N3O2. The number of nitrogens with two attached hydrogens (primary N) is 3. The van der Waals surface area contributed by atoms with Crippen LogP contribution in [0.15, 0.2) is 12.1 Å². The highest BCUT2D eigenvalue weighted by atomic mass is 16.7. The van der Waals surface area contributed by atoms with Gasteiger partial charge in [0.15, 0.2) is 6.79 Å². The first-order valence-electron chi connectivity index (χ1n) is 3.71. The average molecular weight is 183 g/mol. The Morgan fingerprint density at radius 1 is 1.23 bits per heavy atom. The van der Waals surface area contributed by atoms with Crippen LogP contribution in [0, 0.1) is 0 Å². The molecule has 5 heteroatoms. The average Bonchev–Trinajstić information content (AvgIpc) is 2.09. The van der Waals surface area contributed by atoms with Gasteiger partial charge >= 0.3 is 0 Å². The van der Waals surface area contributed by atoms with E-state index >= 15 is 0 Å². The standard InChI is InChI=1S/C8H13N3O2/c1-12-4-13-7-3-5(9)2-6(10)8(7)11/h2-3H,4,9-11H2,1H3. The summed E-state index contributed by atoms with van der Waals surface area (Å²) in [6, 6.07) is 3.18. The molecule has 0 saturated heterocycles. The monoisotopic (exact) mass is 183 g/mol. The number of hydrogen-bond acceptors (Lipinski definition) is 5. The van der Waals surface area contributed by atoms with E-state index in [1.165, 1.54) is 7.11 Å². The van der Waals surface area contributed by atoms with E-state index in [0.29, 0.717) is 22.8 Å². The van der Waals surface area contributed by atoms with Gasteiger partial charge in [-0.1, -0.05) is 0 Å². The normalized spacial score (nSPS) is 9.92. The molecule has 6 N–H and O–H groups in total. The fourth-order valence-corrected chi connectivity index (χ4v) is 0.912. The van der Waals surface area contributed by atoms with Crippen LogP contribution in [0.5, 0.6) is 5.75 Å². The molecule has 5 nitrogen and oxygen atoms in total. The van der Waals surface area contributed by atoms with E-state index in [4.69, 9.17) is 26.7 Å². The topological polar surface area (TPSA) is 96.5 Å². The molecule has 0 aliphatic carbocycles. The first-order chi connectivity index (χ1) is 6.15. The highest BCUT2D eigenvalue weighted by molar-refractivity contribution is 5.75. The fraction of sp³-hybridized carbons (Fsp3) is 0.250. The minimum absolute atomic E-state index is 0.118. The molecule has 0 aliphatic heterocycles. The molecule has 13 heavy (non-hydrogen) atoms. The van der Waals surface area contributed by atoms with Gasteiger partial charge in [0.25, 0.3) is 0 Å². The lowest BCUT2D eigenvalue weighted by Crippen LogP contribution is -2.04. The molecule has 0 spiro atoms. The Bertz CT molecular complexity index is 302. The van der Waals surface area contributed by atoms with E-state index in [2.05, 4.69) is 0 Å². The Hall–Kier alpha value is -1.62. The second kappa shape index (κ2) is 3.86. The second-order valence-corrected chi connectivity index (χ2v) is 2.57. The summed E-state index contributed by atoms with van der Waals surface area (Å²) < 4.78 is 9.86. The zero-order chi connectivity index (χ0) is 9.84. The third-order valence-corrected chi connectivity index (χ3v) is 1.53. The summed E-state index contributed by atoms with van der Waals surface area (Å²) in [5, 5.41) is 0. The predicted molar refractivity (Wildman–Crippen MR) is 52.2 cm³/mol. The van der Waals surface area contributed by atoms with E-state index < -0.39 is 0 Å². The van der Waals surface area contributed by atoms with Gasteiger partial charge in [-0.25, -0.2) is 0 Å². The summed E-state index contributed by atoms with van der Waals surface area (Å²) in [7, 11) is 1.52. The lowest BCUT2D eigenvalue weighted by Gasteiger charge is -2.10. The van der Waals surface area contributed by atoms with Gasteiger partial charge in [0, 0.05) is 18.9 Å². The van der Waals surface area contributed by atoms with Crippen LogP contribution in [-0.4, -0.2) is 13.9 Å². The molecule has 0 amide bonds. The zero-order valence-corrected chi connectivity index (χ0v) is 7.41. The lowest BCUT2D eigenvalue weighted by atomic mass is 10.2. The quantitative estimate of drug-likeness (QED) is 0.466. The number of anilines is 3. The van der Waals surface area contributed by atoms with Gasteiger partial charge in [-0.3, -0.25) is 0 Å². The minimum atomic E-state index is 0.118. The molecule has 0 heterocycles. The first kappa shape index (κ1) is 9.47. The van der Waals surface area contributed by atoms with Gasteiger partial charge in [0.1, 0.15) is 5.75 Å². The van der Waals surface area contributed by atoms with Crippen LogP contribution in [-0.2, 0) is 4.74 Å². The van der Waals surface area contributed by atoms with Gasteiger partial charge in [0.2, 0.25) is 0 Å². The summed E-state index contributed by atoms with van der Waals surface area (Å²) in [4.78, 5) is 0. The van der Waals surface area contributed by atoms with Crippen molar-refractivity contribution in [1.29, 1.82) is 0 Å². The van der Waals surface area contributed by atoms with Crippen LogP contribution in [0.1, 0.15) is 0 Å². The Labute approximate surface area is 76.4 Å². The van der Waals surface area contributed by atoms with Crippen LogP contribution < -0.4 is 21.9 Å². The van der Waals surface area contributed by atoms with Gasteiger partial charge < -0.3 is 26.7 Å². The summed E-state index contributed by atoms with van der Waals surface area (Å²) in [5.74, 6) is 0.444. The summed E-state index contributed by atoms with van der Waals surface area (Å²) >= 11 is 0. The van der Waals surface area contributed by atoms with Crippen molar-refractivity contribution in [2.45, 2.75) is 0 Å². The van der Waals surface area contributed by atoms with Gasteiger partial charge in [-0.2, -0.15) is 0 Å². The van der Waals surface area contributed by atoms with Crippen molar-refractivity contribution in [3.05, 3.63) is 12.1 Å². The number of nitrogen functional groups attached to an aromatic ring is 3. The molecule has 0 bridgehead atoms. The zero-order valence-electron chi connectivity index (χ0n) is 7.41. The molecule has 0 aromatic heterocycles. The van der Waals surface area contributed by atoms with E-state index in [1.54, 1.807) is 12.1 Å². The van der Waals surface area contributed by atoms with Crippen molar-refractivity contribution in [3.8, 4) is 5.75 Å². The number of rotatable bonds is 3. The van der Waals surface area contributed by atoms with Gasteiger partial charge in [-0.05, 0) is 6.07 Å². The maximum atomic E-state index is 5.63. The maximum Gasteiger partial charge on any atom is 0.188 e. The molecule has 0 saturated carbocycles. The van der Waals surface area contributed by atoms with Crippen molar-refractivity contribution in [2.24, 2.45) is 0 Å². The molecule has 0 aliphatic rings. The highest BCUT2D eigenvalue weighted by Crippen LogP contribution is 2.30. The molecule has 0 radical (unpaired) electrons. The summed E-state index contributed by atoms with van der Waals surface area (Å²) in [6.07, 6.45) is 0. The van der Waals surface area contributed by atoms with Crippen molar-refractivity contribution >= 4 is 17.1 Å². The molecule has 72 valence electrons. The van der Waals surface area contributed by atoms with E-state index in [1.807, 2.05) is 0 Å². The first-order valence-corrected chi connectivity index (χ1v) is 3.71. The third kappa shape index (κ3) is 2.16. The largest absolute Gasteiger partial charge is 0.465 e. The van der Waals surface area contributed by atoms with E-state index in [-0.39, 0.29) is 6.79 Å². The van der Waals surface area contributed by atoms with E-state index in [9.17, 15) is 0 Å². The molecule has 0 fully saturated rings. The minimum Gasteiger partial charge on any atom is -0.465 e. The summed E-state index contributed by atoms with van der Waals surface area (Å²) in [5.41, 5.74) is 18.0. The molecular weight excluding hydrogens is 170 g/mol. The third-order valence-electron chi connectivity index (χ3n) is 1.53. The fourth-order valence-electron chi connectivity index (χ4n) is 0.912. The van der Waals surface area contributed by atoms with Gasteiger partial charge in [0.05, 0.1) is 11.4 Å². The van der Waals surface area contributed by atoms with Crippen molar-refractivity contribution in [1.82, 2.24) is 0 Å². The smallest absolute Gasteiger partial charge is 0.188 e. The molecule has 1 rings (SSSR count).